The number of carbonyl (C=O) groups is 1. The summed E-state index contributed by atoms with van der Waals surface area (Å²) in [5.41, 5.74) is 2.66. The van der Waals surface area contributed by atoms with E-state index in [9.17, 15) is 9.59 Å². The SMILES string of the molecule is COc1ccc(C=CC(=O)Nc2ccc(N3CC4CC(C3)c3cccc(=O)n3C4)nc2)cc1OC.Cl. The van der Waals surface area contributed by atoms with Gasteiger partial charge in [0.05, 0.1) is 26.1 Å². The molecule has 2 atom stereocenters. The summed E-state index contributed by atoms with van der Waals surface area (Å²) in [6, 6.07) is 14.8. The number of fused-ring (bicyclic) bond motifs is 4. The number of pyridine rings is 2. The molecule has 2 aliphatic heterocycles. The van der Waals surface area contributed by atoms with Crippen LogP contribution in [0.4, 0.5) is 11.5 Å². The van der Waals surface area contributed by atoms with Gasteiger partial charge >= 0.3 is 0 Å². The molecular weight excluding hydrogens is 480 g/mol. The van der Waals surface area contributed by atoms with Gasteiger partial charge in [0.25, 0.3) is 5.56 Å². The van der Waals surface area contributed by atoms with E-state index < -0.39 is 0 Å². The van der Waals surface area contributed by atoms with Crippen molar-refractivity contribution >= 4 is 35.9 Å². The lowest BCUT2D eigenvalue weighted by Gasteiger charge is -2.43. The van der Waals surface area contributed by atoms with E-state index in [2.05, 4.69) is 21.3 Å². The van der Waals surface area contributed by atoms with Gasteiger partial charge in [-0.15, -0.1) is 12.4 Å². The monoisotopic (exact) mass is 508 g/mol. The van der Waals surface area contributed by atoms with Gasteiger partial charge in [-0.1, -0.05) is 12.1 Å². The maximum atomic E-state index is 12.4. The maximum Gasteiger partial charge on any atom is 0.250 e. The number of piperidine rings is 1. The molecule has 9 heteroatoms. The number of hydrogen-bond donors (Lipinski definition) is 1. The summed E-state index contributed by atoms with van der Waals surface area (Å²) in [5, 5.41) is 2.85. The molecule has 4 heterocycles. The van der Waals surface area contributed by atoms with Gasteiger partial charge < -0.3 is 24.3 Å². The minimum atomic E-state index is -0.246. The number of hydrogen-bond acceptors (Lipinski definition) is 6. The smallest absolute Gasteiger partial charge is 0.250 e. The molecule has 8 nitrogen and oxygen atoms in total. The highest BCUT2D eigenvalue weighted by molar-refractivity contribution is 6.01. The first kappa shape index (κ1) is 25.3. The second-order valence-electron chi connectivity index (χ2n) is 8.95. The van der Waals surface area contributed by atoms with E-state index in [1.807, 2.05) is 34.9 Å². The predicted molar refractivity (Wildman–Crippen MR) is 142 cm³/mol. The van der Waals surface area contributed by atoms with Crippen LogP contribution in [0.3, 0.4) is 0 Å². The Morgan fingerprint density at radius 2 is 1.89 bits per heavy atom. The van der Waals surface area contributed by atoms with Gasteiger partial charge in [0.2, 0.25) is 5.91 Å². The lowest BCUT2D eigenvalue weighted by molar-refractivity contribution is -0.111. The molecule has 1 aromatic carbocycles. The van der Waals surface area contributed by atoms with Crippen LogP contribution in [0.1, 0.15) is 23.6 Å². The van der Waals surface area contributed by atoms with Gasteiger partial charge in [-0.25, -0.2) is 4.98 Å². The Morgan fingerprint density at radius 1 is 1.06 bits per heavy atom. The molecule has 0 aliphatic carbocycles. The van der Waals surface area contributed by atoms with Gasteiger partial charge in [0, 0.05) is 43.4 Å². The first-order valence-electron chi connectivity index (χ1n) is 11.7. The Hall–Kier alpha value is -3.78. The molecule has 1 N–H and O–H groups in total. The van der Waals surface area contributed by atoms with Crippen LogP contribution in [0.25, 0.3) is 6.08 Å². The highest BCUT2D eigenvalue weighted by Crippen LogP contribution is 2.36. The van der Waals surface area contributed by atoms with Crippen LogP contribution in [0, 0.1) is 5.92 Å². The fourth-order valence-corrected chi connectivity index (χ4v) is 5.04. The van der Waals surface area contributed by atoms with E-state index in [0.717, 1.165) is 43.1 Å². The molecule has 2 unspecified atom stereocenters. The fraction of sp³-hybridized carbons (Fsp3) is 0.296. The van der Waals surface area contributed by atoms with Gasteiger partial charge in [-0.2, -0.15) is 0 Å². The van der Waals surface area contributed by atoms with Gasteiger partial charge in [-0.05, 0) is 54.3 Å². The van der Waals surface area contributed by atoms with E-state index >= 15 is 0 Å². The molecule has 3 aromatic rings. The zero-order valence-corrected chi connectivity index (χ0v) is 21.0. The molecule has 5 rings (SSSR count). The third kappa shape index (κ3) is 5.23. The molecule has 0 radical (unpaired) electrons. The zero-order chi connectivity index (χ0) is 24.4. The molecule has 36 heavy (non-hydrogen) atoms. The molecule has 2 aromatic heterocycles. The van der Waals surface area contributed by atoms with Crippen molar-refractivity contribution in [1.29, 1.82) is 0 Å². The summed E-state index contributed by atoms with van der Waals surface area (Å²) in [6.45, 7) is 2.44. The Bertz CT molecular complexity index is 1320. The first-order valence-corrected chi connectivity index (χ1v) is 11.7. The van der Waals surface area contributed by atoms with Crippen LogP contribution in [-0.2, 0) is 11.3 Å². The van der Waals surface area contributed by atoms with Crippen molar-refractivity contribution < 1.29 is 14.3 Å². The molecule has 0 saturated carbocycles. The maximum absolute atomic E-state index is 12.4. The van der Waals surface area contributed by atoms with Crippen molar-refractivity contribution in [1.82, 2.24) is 9.55 Å². The summed E-state index contributed by atoms with van der Waals surface area (Å²) in [7, 11) is 3.16. The van der Waals surface area contributed by atoms with Crippen molar-refractivity contribution in [2.24, 2.45) is 5.92 Å². The third-order valence-electron chi connectivity index (χ3n) is 6.65. The average Bonchev–Trinajstić information content (AvgIpc) is 2.88. The largest absolute Gasteiger partial charge is 0.493 e. The number of amides is 1. The highest BCUT2D eigenvalue weighted by atomic mass is 35.5. The van der Waals surface area contributed by atoms with Gasteiger partial charge in [-0.3, -0.25) is 9.59 Å². The first-order chi connectivity index (χ1) is 17.0. The number of carbonyl (C=O) groups excluding carboxylic acids is 1. The molecule has 1 amide bonds. The lowest BCUT2D eigenvalue weighted by Crippen LogP contribution is -2.47. The van der Waals surface area contributed by atoms with E-state index in [4.69, 9.17) is 9.47 Å². The van der Waals surface area contributed by atoms with Crippen molar-refractivity contribution in [3.63, 3.8) is 0 Å². The minimum absolute atomic E-state index is 0. The third-order valence-corrected chi connectivity index (χ3v) is 6.65. The second kappa shape index (κ2) is 10.9. The minimum Gasteiger partial charge on any atom is -0.493 e. The van der Waals surface area contributed by atoms with Crippen LogP contribution in [0.15, 0.2) is 65.6 Å². The molecule has 0 spiro atoms. The molecule has 188 valence electrons. The number of ether oxygens (including phenoxy) is 2. The fourth-order valence-electron chi connectivity index (χ4n) is 5.04. The van der Waals surface area contributed by atoms with E-state index in [1.165, 1.54) is 6.08 Å². The topological polar surface area (TPSA) is 85.7 Å². The Balaban J connectivity index is 0.00000304. The number of nitrogens with one attached hydrogen (secondary N) is 1. The molecular formula is C27H29ClN4O4. The summed E-state index contributed by atoms with van der Waals surface area (Å²) in [4.78, 5) is 31.5. The van der Waals surface area contributed by atoms with Gasteiger partial charge in [0.1, 0.15) is 5.82 Å². The molecule has 1 saturated heterocycles. The van der Waals surface area contributed by atoms with Gasteiger partial charge in [0.15, 0.2) is 11.5 Å². The lowest BCUT2D eigenvalue weighted by atomic mass is 9.83. The van der Waals surface area contributed by atoms with Crippen molar-refractivity contribution in [2.45, 2.75) is 18.9 Å². The summed E-state index contributed by atoms with van der Waals surface area (Å²) in [6.07, 6.45) is 5.97. The zero-order valence-electron chi connectivity index (χ0n) is 20.2. The quantitative estimate of drug-likeness (QED) is 0.507. The summed E-state index contributed by atoms with van der Waals surface area (Å²) >= 11 is 0. The van der Waals surface area contributed by atoms with E-state index in [-0.39, 0.29) is 23.9 Å². The van der Waals surface area contributed by atoms with Crippen molar-refractivity contribution in [3.8, 4) is 11.5 Å². The van der Waals surface area contributed by atoms with E-state index in [1.54, 1.807) is 38.6 Å². The normalized spacial score (nSPS) is 18.2. The molecule has 2 aliphatic rings. The standard InChI is InChI=1S/C27H28N4O4.ClH/c1-34-23-9-6-18(13-24(23)35-2)7-11-26(32)29-21-8-10-25(28-14-21)30-15-19-12-20(17-30)22-4-3-5-27(33)31(22)16-19;/h3-11,13-14,19-20H,12,15-17H2,1-2H3,(H,29,32);1H. The van der Waals surface area contributed by atoms with Crippen LogP contribution in [0.5, 0.6) is 11.5 Å². The number of rotatable bonds is 6. The highest BCUT2D eigenvalue weighted by Gasteiger charge is 2.34. The summed E-state index contributed by atoms with van der Waals surface area (Å²) < 4.78 is 12.5. The number of halogens is 1. The van der Waals surface area contributed by atoms with Crippen LogP contribution >= 0.6 is 12.4 Å². The Labute approximate surface area is 216 Å². The second-order valence-corrected chi connectivity index (χ2v) is 8.95. The number of anilines is 2. The molecule has 2 bridgehead atoms. The number of aromatic nitrogens is 2. The van der Waals surface area contributed by atoms with Crippen molar-refractivity contribution in [2.75, 3.05) is 37.5 Å². The van der Waals surface area contributed by atoms with Crippen LogP contribution in [0.2, 0.25) is 0 Å². The number of benzene rings is 1. The van der Waals surface area contributed by atoms with Crippen LogP contribution < -0.4 is 25.2 Å². The van der Waals surface area contributed by atoms with Crippen LogP contribution in [-0.4, -0.2) is 42.8 Å². The van der Waals surface area contributed by atoms with Crippen molar-refractivity contribution in [3.05, 3.63) is 82.4 Å². The number of methoxy groups -OCH3 is 2. The average molecular weight is 509 g/mol. The Kier molecular flexibility index (Phi) is 7.64. The van der Waals surface area contributed by atoms with E-state index in [0.29, 0.717) is 29.0 Å². The predicted octanol–water partition coefficient (Wildman–Crippen LogP) is 3.96. The number of nitrogens with zero attached hydrogens (tertiary/aromatic N) is 3. The summed E-state index contributed by atoms with van der Waals surface area (Å²) in [5.74, 6) is 2.61. The molecule has 1 fully saturated rings. The Morgan fingerprint density at radius 3 is 2.64 bits per heavy atom.